The standard InChI is InChI=1S/C23H21N5O6S/c1-32-21-6-4-16(9-17(21)14-35-15-20-3-2-8-33-20)10-24-26-23(29)22-7-5-19(34-22)13-27-12-18(11-25-27)28(30)31/h2-12H,13-15H2,1H3,(H,26,29)/b24-10+. The Bertz CT molecular complexity index is 1330. The molecule has 0 radical (unpaired) electrons. The average Bonchev–Trinajstić information content (AvgIpc) is 3.62. The van der Waals surface area contributed by atoms with E-state index in [2.05, 4.69) is 15.6 Å². The third-order valence-electron chi connectivity index (χ3n) is 4.80. The summed E-state index contributed by atoms with van der Waals surface area (Å²) in [6.07, 6.45) is 5.61. The molecule has 3 heterocycles. The number of nitro groups is 1. The van der Waals surface area contributed by atoms with Crippen LogP contribution in [-0.4, -0.2) is 33.9 Å². The fraction of sp³-hybridized carbons (Fsp3) is 0.174. The maximum atomic E-state index is 12.4. The molecule has 0 fully saturated rings. The normalized spacial score (nSPS) is 11.1. The smallest absolute Gasteiger partial charge is 0.307 e. The van der Waals surface area contributed by atoms with Gasteiger partial charge in [-0.2, -0.15) is 10.2 Å². The molecule has 12 heteroatoms. The molecule has 3 aromatic heterocycles. The monoisotopic (exact) mass is 495 g/mol. The zero-order valence-corrected chi connectivity index (χ0v) is 19.4. The molecule has 0 unspecified atom stereocenters. The van der Waals surface area contributed by atoms with Gasteiger partial charge in [-0.15, -0.1) is 11.8 Å². The van der Waals surface area contributed by atoms with E-state index in [1.165, 1.54) is 23.2 Å². The summed E-state index contributed by atoms with van der Waals surface area (Å²) in [6, 6.07) is 12.5. The molecule has 35 heavy (non-hydrogen) atoms. The van der Waals surface area contributed by atoms with E-state index in [0.717, 1.165) is 34.6 Å². The van der Waals surface area contributed by atoms with Crippen LogP contribution in [-0.2, 0) is 18.1 Å². The van der Waals surface area contributed by atoms with Crippen molar-refractivity contribution in [1.82, 2.24) is 15.2 Å². The lowest BCUT2D eigenvalue weighted by Crippen LogP contribution is -2.16. The molecule has 0 bridgehead atoms. The van der Waals surface area contributed by atoms with Crippen molar-refractivity contribution in [3.8, 4) is 5.75 Å². The molecule has 1 amide bonds. The summed E-state index contributed by atoms with van der Waals surface area (Å²) in [5.41, 5.74) is 4.09. The van der Waals surface area contributed by atoms with Gasteiger partial charge in [0, 0.05) is 11.3 Å². The summed E-state index contributed by atoms with van der Waals surface area (Å²) in [4.78, 5) is 22.6. The number of nitrogens with zero attached hydrogens (tertiary/aromatic N) is 4. The van der Waals surface area contributed by atoms with Crippen LogP contribution in [0.15, 0.2) is 75.1 Å². The van der Waals surface area contributed by atoms with Crippen LogP contribution in [0.4, 0.5) is 5.69 Å². The number of methoxy groups -OCH3 is 1. The second-order valence-corrected chi connectivity index (χ2v) is 8.25. The first-order valence-electron chi connectivity index (χ1n) is 10.4. The molecule has 1 aromatic carbocycles. The minimum atomic E-state index is -0.534. The number of nitrogens with one attached hydrogen (secondary N) is 1. The summed E-state index contributed by atoms with van der Waals surface area (Å²) in [7, 11) is 1.62. The molecule has 4 aromatic rings. The number of furan rings is 2. The Hall–Kier alpha value is -4.32. The maximum Gasteiger partial charge on any atom is 0.307 e. The molecule has 0 spiro atoms. The van der Waals surface area contributed by atoms with Crippen LogP contribution < -0.4 is 10.2 Å². The van der Waals surface area contributed by atoms with E-state index in [0.29, 0.717) is 11.5 Å². The number of ether oxygens (including phenoxy) is 1. The van der Waals surface area contributed by atoms with E-state index < -0.39 is 10.8 Å². The van der Waals surface area contributed by atoms with Crippen molar-refractivity contribution in [3.05, 3.63) is 99.6 Å². The summed E-state index contributed by atoms with van der Waals surface area (Å²) in [5, 5.41) is 18.7. The van der Waals surface area contributed by atoms with Gasteiger partial charge in [0.15, 0.2) is 5.76 Å². The first-order valence-corrected chi connectivity index (χ1v) is 11.5. The molecule has 1 N–H and O–H groups in total. The van der Waals surface area contributed by atoms with Crippen molar-refractivity contribution >= 4 is 29.6 Å². The third kappa shape index (κ3) is 6.38. The van der Waals surface area contributed by atoms with Gasteiger partial charge in [-0.25, -0.2) is 5.43 Å². The highest BCUT2D eigenvalue weighted by Gasteiger charge is 2.13. The summed E-state index contributed by atoms with van der Waals surface area (Å²) >= 11 is 1.69. The number of hydrogen-bond acceptors (Lipinski definition) is 9. The van der Waals surface area contributed by atoms with Gasteiger partial charge in [-0.3, -0.25) is 19.6 Å². The minimum Gasteiger partial charge on any atom is -0.496 e. The Morgan fingerprint density at radius 3 is 2.91 bits per heavy atom. The molecule has 0 aliphatic carbocycles. The van der Waals surface area contributed by atoms with Gasteiger partial charge >= 0.3 is 11.6 Å². The molecule has 0 saturated carbocycles. The Morgan fingerprint density at radius 1 is 1.29 bits per heavy atom. The topological polar surface area (TPSA) is 138 Å². The van der Waals surface area contributed by atoms with E-state index in [9.17, 15) is 14.9 Å². The Labute approximate surface area is 203 Å². The van der Waals surface area contributed by atoms with Gasteiger partial charge in [-0.05, 0) is 48.0 Å². The van der Waals surface area contributed by atoms with E-state index in [1.807, 2.05) is 30.3 Å². The van der Waals surface area contributed by atoms with Crippen LogP contribution >= 0.6 is 11.8 Å². The van der Waals surface area contributed by atoms with Gasteiger partial charge in [0.05, 0.1) is 36.8 Å². The van der Waals surface area contributed by atoms with Crippen LogP contribution in [0, 0.1) is 10.1 Å². The fourth-order valence-corrected chi connectivity index (χ4v) is 4.06. The molecular formula is C23H21N5O6S. The number of carbonyl (C=O) groups excluding carboxylic acids is 1. The van der Waals surface area contributed by atoms with Gasteiger partial charge in [0.1, 0.15) is 29.7 Å². The molecule has 0 aliphatic rings. The van der Waals surface area contributed by atoms with Crippen molar-refractivity contribution in [2.24, 2.45) is 5.10 Å². The fourth-order valence-electron chi connectivity index (χ4n) is 3.15. The lowest BCUT2D eigenvalue weighted by Gasteiger charge is -2.09. The number of hydrazone groups is 1. The van der Waals surface area contributed by atoms with E-state index in [1.54, 1.807) is 31.2 Å². The number of amides is 1. The highest BCUT2D eigenvalue weighted by Crippen LogP contribution is 2.26. The number of rotatable bonds is 11. The second-order valence-electron chi connectivity index (χ2n) is 7.26. The quantitative estimate of drug-likeness (QED) is 0.185. The van der Waals surface area contributed by atoms with Gasteiger partial charge < -0.3 is 13.6 Å². The predicted octanol–water partition coefficient (Wildman–Crippen LogP) is 4.23. The molecule has 0 atom stereocenters. The summed E-state index contributed by atoms with van der Waals surface area (Å²) in [5.74, 6) is 3.08. The SMILES string of the molecule is COc1ccc(/C=N/NC(=O)c2ccc(Cn3cc([N+](=O)[O-])cn3)o2)cc1CSCc1ccco1. The molecule has 180 valence electrons. The number of aromatic nitrogens is 2. The van der Waals surface area contributed by atoms with Crippen LogP contribution in [0.3, 0.4) is 0 Å². The predicted molar refractivity (Wildman–Crippen MR) is 128 cm³/mol. The largest absolute Gasteiger partial charge is 0.496 e. The van der Waals surface area contributed by atoms with Crippen LogP contribution in [0.5, 0.6) is 5.75 Å². The summed E-state index contributed by atoms with van der Waals surface area (Å²) in [6.45, 7) is 0.150. The highest BCUT2D eigenvalue weighted by atomic mass is 32.2. The highest BCUT2D eigenvalue weighted by molar-refractivity contribution is 7.97. The van der Waals surface area contributed by atoms with Crippen molar-refractivity contribution in [2.75, 3.05) is 7.11 Å². The molecule has 11 nitrogen and oxygen atoms in total. The van der Waals surface area contributed by atoms with Crippen molar-refractivity contribution in [3.63, 3.8) is 0 Å². The molecule has 0 saturated heterocycles. The van der Waals surface area contributed by atoms with Gasteiger partial charge in [0.2, 0.25) is 0 Å². The number of benzene rings is 1. The average molecular weight is 496 g/mol. The van der Waals surface area contributed by atoms with Crippen LogP contribution in [0.2, 0.25) is 0 Å². The molecular weight excluding hydrogens is 474 g/mol. The number of thioether (sulfide) groups is 1. The summed E-state index contributed by atoms with van der Waals surface area (Å²) < 4.78 is 17.7. The van der Waals surface area contributed by atoms with E-state index >= 15 is 0 Å². The Kier molecular flexibility index (Phi) is 7.63. The van der Waals surface area contributed by atoms with Crippen molar-refractivity contribution in [2.45, 2.75) is 18.1 Å². The molecule has 4 rings (SSSR count). The maximum absolute atomic E-state index is 12.4. The first kappa shape index (κ1) is 23.8. The zero-order valence-electron chi connectivity index (χ0n) is 18.6. The van der Waals surface area contributed by atoms with Crippen LogP contribution in [0.25, 0.3) is 0 Å². The van der Waals surface area contributed by atoms with Crippen molar-refractivity contribution < 1.29 is 23.3 Å². The Morgan fingerprint density at radius 2 is 2.17 bits per heavy atom. The first-order chi connectivity index (χ1) is 17.0. The van der Waals surface area contributed by atoms with Gasteiger partial charge in [0.25, 0.3) is 0 Å². The van der Waals surface area contributed by atoms with Gasteiger partial charge in [-0.1, -0.05) is 0 Å². The number of carbonyl (C=O) groups is 1. The number of hydrogen-bond donors (Lipinski definition) is 1. The van der Waals surface area contributed by atoms with E-state index in [-0.39, 0.29) is 18.0 Å². The Balaban J connectivity index is 1.32. The van der Waals surface area contributed by atoms with Crippen LogP contribution in [0.1, 0.15) is 33.2 Å². The van der Waals surface area contributed by atoms with E-state index in [4.69, 9.17) is 13.6 Å². The lowest BCUT2D eigenvalue weighted by molar-refractivity contribution is -0.385. The minimum absolute atomic E-state index is 0.0588. The lowest BCUT2D eigenvalue weighted by atomic mass is 10.1. The third-order valence-corrected chi connectivity index (χ3v) is 5.80. The van der Waals surface area contributed by atoms with Crippen molar-refractivity contribution in [1.29, 1.82) is 0 Å². The zero-order chi connectivity index (χ0) is 24.6. The second kappa shape index (κ2) is 11.2. The molecule has 0 aliphatic heterocycles.